The third kappa shape index (κ3) is 4.32. The van der Waals surface area contributed by atoms with Crippen molar-refractivity contribution in [2.24, 2.45) is 0 Å². The van der Waals surface area contributed by atoms with Crippen LogP contribution >= 0.6 is 0 Å². The van der Waals surface area contributed by atoms with Gasteiger partial charge in [0.05, 0.1) is 31.0 Å². The van der Waals surface area contributed by atoms with Gasteiger partial charge in [0, 0.05) is 37.6 Å². The molecule has 29 heavy (non-hydrogen) atoms. The van der Waals surface area contributed by atoms with Crippen LogP contribution in [0.15, 0.2) is 47.2 Å². The van der Waals surface area contributed by atoms with Crippen molar-refractivity contribution in [3.05, 3.63) is 54.0 Å². The number of carbonyl (C=O) groups excluding carboxylic acids is 1. The maximum Gasteiger partial charge on any atom is 0.273 e. The molecule has 1 saturated heterocycles. The quantitative estimate of drug-likeness (QED) is 0.691. The number of amides is 1. The highest BCUT2D eigenvalue weighted by Gasteiger charge is 2.18. The van der Waals surface area contributed by atoms with E-state index >= 15 is 0 Å². The van der Waals surface area contributed by atoms with Crippen LogP contribution in [0.5, 0.6) is 0 Å². The molecule has 1 atom stereocenters. The molecule has 2 aromatic heterocycles. The lowest BCUT2D eigenvalue weighted by Crippen LogP contribution is -2.36. The van der Waals surface area contributed by atoms with Crippen LogP contribution in [0.25, 0.3) is 11.3 Å². The van der Waals surface area contributed by atoms with Gasteiger partial charge in [-0.1, -0.05) is 17.3 Å². The van der Waals surface area contributed by atoms with Gasteiger partial charge in [-0.25, -0.2) is 0 Å². The maximum atomic E-state index is 12.6. The predicted molar refractivity (Wildman–Crippen MR) is 109 cm³/mol. The summed E-state index contributed by atoms with van der Waals surface area (Å²) in [5.41, 5.74) is 3.25. The number of anilines is 1. The third-order valence-electron chi connectivity index (χ3n) is 5.10. The van der Waals surface area contributed by atoms with Gasteiger partial charge in [0.15, 0.2) is 11.5 Å². The Morgan fingerprint density at radius 2 is 2.00 bits per heavy atom. The number of carbonyl (C=O) groups is 1. The number of hydrogen-bond acceptors (Lipinski definition) is 6. The van der Waals surface area contributed by atoms with Crippen molar-refractivity contribution in [2.45, 2.75) is 26.4 Å². The van der Waals surface area contributed by atoms with Crippen LogP contribution < -0.4 is 10.2 Å². The molecule has 1 amide bonds. The Balaban J connectivity index is 1.39. The molecular weight excluding hydrogens is 370 g/mol. The molecule has 1 unspecified atom stereocenters. The second kappa shape index (κ2) is 8.48. The Morgan fingerprint density at radius 3 is 2.69 bits per heavy atom. The molecule has 8 heteroatoms. The number of ether oxygens (including phenoxy) is 1. The number of aryl methyl sites for hydroxylation is 1. The van der Waals surface area contributed by atoms with Gasteiger partial charge >= 0.3 is 0 Å². The van der Waals surface area contributed by atoms with Crippen LogP contribution in [0, 0.1) is 0 Å². The summed E-state index contributed by atoms with van der Waals surface area (Å²) < 4.78 is 12.5. The van der Waals surface area contributed by atoms with Crippen molar-refractivity contribution in [3.63, 3.8) is 0 Å². The molecule has 1 fully saturated rings. The van der Waals surface area contributed by atoms with E-state index in [0.29, 0.717) is 5.76 Å². The van der Waals surface area contributed by atoms with E-state index in [0.717, 1.165) is 44.0 Å². The first-order valence-electron chi connectivity index (χ1n) is 9.87. The summed E-state index contributed by atoms with van der Waals surface area (Å²) in [6, 6.07) is 9.75. The molecule has 1 aromatic carbocycles. The molecular formula is C21H25N5O3. The highest BCUT2D eigenvalue weighted by molar-refractivity contribution is 5.93. The molecule has 8 nitrogen and oxygen atoms in total. The summed E-state index contributed by atoms with van der Waals surface area (Å²) in [4.78, 5) is 14.9. The number of nitrogens with one attached hydrogen (secondary N) is 1. The lowest BCUT2D eigenvalue weighted by Gasteiger charge is -2.29. The summed E-state index contributed by atoms with van der Waals surface area (Å²) in [5.74, 6) is 0.255. The number of aromatic nitrogens is 3. The Hall–Kier alpha value is -3.13. The van der Waals surface area contributed by atoms with Gasteiger partial charge in [-0.15, -0.1) is 0 Å². The monoisotopic (exact) mass is 395 g/mol. The van der Waals surface area contributed by atoms with E-state index in [1.54, 1.807) is 16.9 Å². The lowest BCUT2D eigenvalue weighted by atomic mass is 10.1. The highest BCUT2D eigenvalue weighted by atomic mass is 16.5. The zero-order valence-electron chi connectivity index (χ0n) is 16.7. The maximum absolute atomic E-state index is 12.6. The Kier molecular flexibility index (Phi) is 5.62. The summed E-state index contributed by atoms with van der Waals surface area (Å²) in [6.45, 7) is 8.04. The molecule has 3 heterocycles. The lowest BCUT2D eigenvalue weighted by molar-refractivity contribution is 0.0931. The summed E-state index contributed by atoms with van der Waals surface area (Å²) in [6.07, 6.45) is 3.56. The first kappa shape index (κ1) is 19.2. The Labute approximate surface area is 169 Å². The molecule has 0 bridgehead atoms. The molecule has 0 aliphatic carbocycles. The van der Waals surface area contributed by atoms with Gasteiger partial charge in [0.1, 0.15) is 0 Å². The van der Waals surface area contributed by atoms with Gasteiger partial charge in [0.2, 0.25) is 0 Å². The third-order valence-corrected chi connectivity index (χ3v) is 5.10. The number of benzene rings is 1. The zero-order chi connectivity index (χ0) is 20.2. The van der Waals surface area contributed by atoms with Crippen molar-refractivity contribution in [1.29, 1.82) is 0 Å². The largest absolute Gasteiger partial charge is 0.378 e. The van der Waals surface area contributed by atoms with E-state index in [-0.39, 0.29) is 17.6 Å². The summed E-state index contributed by atoms with van der Waals surface area (Å²) in [7, 11) is 0. The molecule has 1 N–H and O–H groups in total. The van der Waals surface area contributed by atoms with E-state index in [1.165, 1.54) is 5.69 Å². The molecule has 3 aromatic rings. The van der Waals surface area contributed by atoms with Crippen LogP contribution in [0.2, 0.25) is 0 Å². The van der Waals surface area contributed by atoms with Crippen LogP contribution in [0.3, 0.4) is 0 Å². The highest BCUT2D eigenvalue weighted by Crippen LogP contribution is 2.22. The van der Waals surface area contributed by atoms with Crippen molar-refractivity contribution >= 4 is 11.6 Å². The number of rotatable bonds is 6. The molecule has 0 saturated carbocycles. The second-order valence-electron chi connectivity index (χ2n) is 7.05. The van der Waals surface area contributed by atoms with Gasteiger partial charge in [-0.3, -0.25) is 9.48 Å². The Bertz CT molecular complexity index is 957. The van der Waals surface area contributed by atoms with Crippen molar-refractivity contribution < 1.29 is 14.1 Å². The van der Waals surface area contributed by atoms with Gasteiger partial charge in [-0.05, 0) is 31.5 Å². The topological polar surface area (TPSA) is 85.4 Å². The molecule has 0 spiro atoms. The van der Waals surface area contributed by atoms with Crippen molar-refractivity contribution in [3.8, 4) is 11.3 Å². The second-order valence-corrected chi connectivity index (χ2v) is 7.05. The first-order valence-corrected chi connectivity index (χ1v) is 9.87. The standard InChI is InChI=1S/C21H25N5O3/c1-3-26-14-17(13-22-26)20-12-19(24-29-20)21(27)23-15(2)16-4-6-18(7-5-16)25-8-10-28-11-9-25/h4-7,12-15H,3,8-11H2,1-2H3,(H,23,27). The van der Waals surface area contributed by atoms with E-state index in [2.05, 4.69) is 32.6 Å². The molecule has 152 valence electrons. The zero-order valence-corrected chi connectivity index (χ0v) is 16.7. The van der Waals surface area contributed by atoms with Crippen LogP contribution in [0.4, 0.5) is 5.69 Å². The normalized spacial score (nSPS) is 15.3. The van der Waals surface area contributed by atoms with Crippen molar-refractivity contribution in [1.82, 2.24) is 20.3 Å². The SMILES string of the molecule is CCn1cc(-c2cc(C(=O)NC(C)c3ccc(N4CCOCC4)cc3)no2)cn1. The van der Waals surface area contributed by atoms with Crippen LogP contribution in [0.1, 0.15) is 35.9 Å². The van der Waals surface area contributed by atoms with Gasteiger partial charge in [-0.2, -0.15) is 5.10 Å². The number of nitrogens with zero attached hydrogens (tertiary/aromatic N) is 4. The summed E-state index contributed by atoms with van der Waals surface area (Å²) in [5, 5.41) is 11.1. The fraction of sp³-hybridized carbons (Fsp3) is 0.381. The predicted octanol–water partition coefficient (Wildman–Crippen LogP) is 2.89. The van der Waals surface area contributed by atoms with Crippen LogP contribution in [-0.2, 0) is 11.3 Å². The van der Waals surface area contributed by atoms with Crippen molar-refractivity contribution in [2.75, 3.05) is 31.2 Å². The number of morpholine rings is 1. The number of hydrogen-bond donors (Lipinski definition) is 1. The first-order chi connectivity index (χ1) is 14.1. The molecule has 1 aliphatic rings. The molecule has 0 radical (unpaired) electrons. The molecule has 1 aliphatic heterocycles. The minimum absolute atomic E-state index is 0.149. The van der Waals surface area contributed by atoms with E-state index in [4.69, 9.17) is 9.26 Å². The fourth-order valence-electron chi connectivity index (χ4n) is 3.33. The average molecular weight is 395 g/mol. The smallest absolute Gasteiger partial charge is 0.273 e. The Morgan fingerprint density at radius 1 is 1.24 bits per heavy atom. The fourth-order valence-corrected chi connectivity index (χ4v) is 3.33. The average Bonchev–Trinajstić information content (AvgIpc) is 3.44. The minimum Gasteiger partial charge on any atom is -0.378 e. The minimum atomic E-state index is -0.271. The van der Waals surface area contributed by atoms with E-state index in [1.807, 2.05) is 32.2 Å². The van der Waals surface area contributed by atoms with Crippen LogP contribution in [-0.4, -0.2) is 47.1 Å². The summed E-state index contributed by atoms with van der Waals surface area (Å²) >= 11 is 0. The van der Waals surface area contributed by atoms with E-state index < -0.39 is 0 Å². The van der Waals surface area contributed by atoms with Gasteiger partial charge < -0.3 is 19.5 Å². The van der Waals surface area contributed by atoms with E-state index in [9.17, 15) is 4.79 Å². The van der Waals surface area contributed by atoms with Gasteiger partial charge in [0.25, 0.3) is 5.91 Å². The molecule has 4 rings (SSSR count).